The van der Waals surface area contributed by atoms with E-state index in [-0.39, 0.29) is 5.56 Å². The Bertz CT molecular complexity index is 937. The number of halogens is 3. The van der Waals surface area contributed by atoms with Crippen molar-refractivity contribution in [3.63, 3.8) is 0 Å². The van der Waals surface area contributed by atoms with Crippen molar-refractivity contribution in [1.82, 2.24) is 14.9 Å². The average molecular weight is 504 g/mol. The Morgan fingerprint density at radius 2 is 1.88 bits per heavy atom. The zero-order valence-electron chi connectivity index (χ0n) is 19.1. The van der Waals surface area contributed by atoms with Crippen LogP contribution < -0.4 is 10.0 Å². The third-order valence-corrected chi connectivity index (χ3v) is 7.28. The Balaban J connectivity index is 1.90. The van der Waals surface area contributed by atoms with Crippen molar-refractivity contribution in [2.24, 2.45) is 5.92 Å². The number of benzene rings is 1. The molecule has 4 amide bonds. The number of amides is 4. The van der Waals surface area contributed by atoms with Crippen molar-refractivity contribution in [2.45, 2.75) is 62.8 Å². The molecule has 2 aliphatic rings. The molecule has 0 aromatic heterocycles. The number of nitrogens with zero attached hydrogens (tertiary/aromatic N) is 1. The molecule has 8 nitrogen and oxygen atoms in total. The van der Waals surface area contributed by atoms with Crippen molar-refractivity contribution in [3.05, 3.63) is 35.6 Å². The highest BCUT2D eigenvalue weighted by Crippen LogP contribution is 2.40. The standard InChI is InChI=1S/C22H28F3N3O5S/c1-21(2,3)34(32)27-17(13-5-4-6-14(23)11-13)22(24,25)12-16-18(29)26-20(31)28(19(16)30)15-7-9-33-10-8-15/h4-6,11,15-17,27H,7-10,12H2,1-3H3,(H,26,29,31)/t16-,17-,34?/m0/s1. The second kappa shape index (κ2) is 10.2. The number of urea groups is 1. The number of carbonyl (C=O) groups is 3. The zero-order chi connectivity index (χ0) is 25.3. The molecule has 0 bridgehead atoms. The maximum Gasteiger partial charge on any atom is 0.331 e. The molecular formula is C22H28F3N3O5S. The van der Waals surface area contributed by atoms with Crippen LogP contribution in [0.5, 0.6) is 0 Å². The largest absolute Gasteiger partial charge is 0.598 e. The summed E-state index contributed by atoms with van der Waals surface area (Å²) in [6.07, 6.45) is -0.608. The molecule has 3 rings (SSSR count). The number of hydrogen-bond donors (Lipinski definition) is 2. The van der Waals surface area contributed by atoms with E-state index in [0.29, 0.717) is 26.1 Å². The van der Waals surface area contributed by atoms with Gasteiger partial charge in [0.15, 0.2) is 0 Å². The zero-order valence-corrected chi connectivity index (χ0v) is 19.9. The number of rotatable bonds is 7. The number of alkyl halides is 2. The van der Waals surface area contributed by atoms with Gasteiger partial charge in [0.2, 0.25) is 11.8 Å². The van der Waals surface area contributed by atoms with Crippen LogP contribution in [0.25, 0.3) is 0 Å². The smallest absolute Gasteiger partial charge is 0.331 e. The van der Waals surface area contributed by atoms with Crippen LogP contribution in [-0.4, -0.2) is 57.2 Å². The first-order valence-corrected chi connectivity index (χ1v) is 12.0. The van der Waals surface area contributed by atoms with Crippen LogP contribution in [0, 0.1) is 11.7 Å². The highest BCUT2D eigenvalue weighted by atomic mass is 32.2. The monoisotopic (exact) mass is 503 g/mol. The first-order chi connectivity index (χ1) is 15.8. The summed E-state index contributed by atoms with van der Waals surface area (Å²) >= 11 is -1.98. The summed E-state index contributed by atoms with van der Waals surface area (Å²) in [6.45, 7) is 5.31. The Morgan fingerprint density at radius 3 is 2.47 bits per heavy atom. The number of ether oxygens (including phenoxy) is 1. The van der Waals surface area contributed by atoms with Crippen molar-refractivity contribution in [3.8, 4) is 0 Å². The minimum Gasteiger partial charge on any atom is -0.598 e. The average Bonchev–Trinajstić information content (AvgIpc) is 2.74. The normalized spacial score (nSPS) is 22.5. The van der Waals surface area contributed by atoms with E-state index in [1.165, 1.54) is 12.1 Å². The number of hydrogen-bond acceptors (Lipinski definition) is 6. The molecule has 2 fully saturated rings. The van der Waals surface area contributed by atoms with Crippen LogP contribution >= 0.6 is 0 Å². The lowest BCUT2D eigenvalue weighted by molar-refractivity contribution is -0.151. The fourth-order valence-corrected chi connectivity index (χ4v) is 4.74. The molecule has 1 unspecified atom stereocenters. The third kappa shape index (κ3) is 5.91. The van der Waals surface area contributed by atoms with E-state index >= 15 is 8.78 Å². The predicted molar refractivity (Wildman–Crippen MR) is 117 cm³/mol. The lowest BCUT2D eigenvalue weighted by Gasteiger charge is -2.39. The molecule has 3 atom stereocenters. The van der Waals surface area contributed by atoms with E-state index in [1.54, 1.807) is 20.8 Å². The van der Waals surface area contributed by atoms with Gasteiger partial charge in [-0.3, -0.25) is 19.8 Å². The SMILES string of the molecule is CC(C)(C)[S+]([O-])N[C@@H](c1cccc(F)c1)C(F)(F)C[C@H]1C(=O)NC(=O)N(C2CCOCC2)C1=O. The van der Waals surface area contributed by atoms with Gasteiger partial charge in [-0.05, 0) is 51.3 Å². The lowest BCUT2D eigenvalue weighted by atomic mass is 9.89. The van der Waals surface area contributed by atoms with Gasteiger partial charge in [-0.15, -0.1) is 4.72 Å². The fraction of sp³-hybridized carbons (Fsp3) is 0.591. The van der Waals surface area contributed by atoms with Gasteiger partial charge in [-0.2, -0.15) is 0 Å². The van der Waals surface area contributed by atoms with E-state index in [2.05, 4.69) is 4.72 Å². The summed E-state index contributed by atoms with van der Waals surface area (Å²) < 4.78 is 64.5. The Hall–Kier alpha value is -2.15. The quantitative estimate of drug-likeness (QED) is 0.437. The lowest BCUT2D eigenvalue weighted by Crippen LogP contribution is -2.62. The molecule has 0 saturated carbocycles. The summed E-state index contributed by atoms with van der Waals surface area (Å²) in [4.78, 5) is 38.6. The minimum atomic E-state index is -3.81. The highest BCUT2D eigenvalue weighted by molar-refractivity contribution is 7.90. The molecule has 0 radical (unpaired) electrons. The van der Waals surface area contributed by atoms with Gasteiger partial charge < -0.3 is 9.29 Å². The molecule has 1 aromatic rings. The number of imide groups is 2. The van der Waals surface area contributed by atoms with Crippen molar-refractivity contribution < 1.29 is 36.8 Å². The van der Waals surface area contributed by atoms with E-state index in [0.717, 1.165) is 17.0 Å². The first kappa shape index (κ1) is 26.5. The predicted octanol–water partition coefficient (Wildman–Crippen LogP) is 2.82. The van der Waals surface area contributed by atoms with Gasteiger partial charge in [0.1, 0.15) is 22.5 Å². The summed E-state index contributed by atoms with van der Waals surface area (Å²) in [6, 6.07) is 0.958. The minimum absolute atomic E-state index is 0.191. The van der Waals surface area contributed by atoms with E-state index in [1.807, 2.05) is 5.32 Å². The number of carbonyl (C=O) groups excluding carboxylic acids is 3. The van der Waals surface area contributed by atoms with Crippen LogP contribution in [0.2, 0.25) is 0 Å². The molecule has 1 aromatic carbocycles. The van der Waals surface area contributed by atoms with Crippen LogP contribution in [0.1, 0.15) is 51.6 Å². The van der Waals surface area contributed by atoms with Gasteiger partial charge in [-0.25, -0.2) is 18.0 Å². The van der Waals surface area contributed by atoms with E-state index in [9.17, 15) is 23.3 Å². The highest BCUT2D eigenvalue weighted by Gasteiger charge is 2.52. The van der Waals surface area contributed by atoms with Gasteiger partial charge in [0.05, 0.1) is 0 Å². The van der Waals surface area contributed by atoms with E-state index < -0.39 is 70.1 Å². The fourth-order valence-electron chi connectivity index (χ4n) is 3.86. The third-order valence-electron chi connectivity index (χ3n) is 5.72. The summed E-state index contributed by atoms with van der Waals surface area (Å²) in [5.74, 6) is -8.59. The van der Waals surface area contributed by atoms with Gasteiger partial charge in [0.25, 0.3) is 5.92 Å². The topological polar surface area (TPSA) is 111 Å². The second-order valence-corrected chi connectivity index (χ2v) is 11.3. The van der Waals surface area contributed by atoms with Gasteiger partial charge >= 0.3 is 6.03 Å². The van der Waals surface area contributed by atoms with Gasteiger partial charge in [0, 0.05) is 37.0 Å². The summed E-state index contributed by atoms with van der Waals surface area (Å²) in [5.41, 5.74) is -0.191. The maximum absolute atomic E-state index is 15.7. The second-order valence-electron chi connectivity index (χ2n) is 9.35. The molecule has 2 N–H and O–H groups in total. The van der Waals surface area contributed by atoms with Gasteiger partial charge in [-0.1, -0.05) is 12.1 Å². The Kier molecular flexibility index (Phi) is 7.96. The van der Waals surface area contributed by atoms with Crippen molar-refractivity contribution in [2.75, 3.05) is 13.2 Å². The molecule has 2 saturated heterocycles. The summed E-state index contributed by atoms with van der Waals surface area (Å²) in [5, 5.41) is 2.00. The first-order valence-electron chi connectivity index (χ1n) is 10.9. The molecule has 34 heavy (non-hydrogen) atoms. The molecule has 2 heterocycles. The van der Waals surface area contributed by atoms with Crippen LogP contribution in [0.4, 0.5) is 18.0 Å². The maximum atomic E-state index is 15.7. The number of barbiturate groups is 1. The Labute approximate surface area is 198 Å². The molecule has 0 aliphatic carbocycles. The van der Waals surface area contributed by atoms with Crippen molar-refractivity contribution in [1.29, 1.82) is 0 Å². The molecular weight excluding hydrogens is 475 g/mol. The van der Waals surface area contributed by atoms with Crippen LogP contribution in [0.15, 0.2) is 24.3 Å². The summed E-state index contributed by atoms with van der Waals surface area (Å²) in [7, 11) is 0. The van der Waals surface area contributed by atoms with Crippen LogP contribution in [-0.2, 0) is 25.7 Å². The van der Waals surface area contributed by atoms with Crippen LogP contribution in [0.3, 0.4) is 0 Å². The Morgan fingerprint density at radius 1 is 1.24 bits per heavy atom. The molecule has 12 heteroatoms. The molecule has 188 valence electrons. The molecule has 2 aliphatic heterocycles. The molecule has 0 spiro atoms. The van der Waals surface area contributed by atoms with Crippen molar-refractivity contribution >= 4 is 29.2 Å². The number of nitrogens with one attached hydrogen (secondary N) is 2. The van der Waals surface area contributed by atoms with E-state index in [4.69, 9.17) is 4.74 Å².